The van der Waals surface area contributed by atoms with Gasteiger partial charge in [-0.05, 0) is 30.7 Å². The van der Waals surface area contributed by atoms with E-state index in [9.17, 15) is 14.9 Å². The van der Waals surface area contributed by atoms with E-state index in [4.69, 9.17) is 9.57 Å². The van der Waals surface area contributed by atoms with Crippen LogP contribution in [0.25, 0.3) is 11.3 Å². The number of nitro benzene ring substituents is 1. The molecule has 0 aliphatic rings. The van der Waals surface area contributed by atoms with Gasteiger partial charge in [0, 0.05) is 23.1 Å². The molecule has 154 valence electrons. The van der Waals surface area contributed by atoms with Gasteiger partial charge in [-0.1, -0.05) is 18.2 Å². The highest BCUT2D eigenvalue weighted by molar-refractivity contribution is 7.13. The minimum atomic E-state index is -0.455. The van der Waals surface area contributed by atoms with E-state index < -0.39 is 10.9 Å². The third-order valence-electron chi connectivity index (χ3n) is 3.89. The standard InChI is InChI=1S/C20H18N4O5S/c1-2-28-19(25)17-6-4-3-5-16(17)18-12-30-20(23-18)21-13-22-29-11-14-7-9-15(10-8-14)24(26)27/h3-10,12-13H,2,11H2,1H3,(H,21,22,23). The van der Waals surface area contributed by atoms with Crippen LogP contribution in [-0.4, -0.2) is 28.8 Å². The Morgan fingerprint density at radius 3 is 2.77 bits per heavy atom. The molecule has 3 aromatic rings. The van der Waals surface area contributed by atoms with E-state index in [1.54, 1.807) is 37.3 Å². The highest BCUT2D eigenvalue weighted by Gasteiger charge is 2.15. The molecule has 1 N–H and O–H groups in total. The number of hydrogen-bond donors (Lipinski definition) is 1. The molecule has 1 aromatic heterocycles. The van der Waals surface area contributed by atoms with Gasteiger partial charge in [0.25, 0.3) is 5.69 Å². The molecule has 0 aliphatic carbocycles. The molecule has 10 heteroatoms. The highest BCUT2D eigenvalue weighted by Crippen LogP contribution is 2.29. The van der Waals surface area contributed by atoms with E-state index in [0.29, 0.717) is 28.6 Å². The van der Waals surface area contributed by atoms with Gasteiger partial charge in [-0.2, -0.15) is 0 Å². The van der Waals surface area contributed by atoms with Gasteiger partial charge in [-0.15, -0.1) is 11.3 Å². The van der Waals surface area contributed by atoms with Crippen LogP contribution in [0.1, 0.15) is 22.8 Å². The lowest BCUT2D eigenvalue weighted by Crippen LogP contribution is -2.11. The lowest BCUT2D eigenvalue weighted by Gasteiger charge is -2.06. The molecule has 0 fully saturated rings. The van der Waals surface area contributed by atoms with Crippen molar-refractivity contribution in [1.82, 2.24) is 10.5 Å². The van der Waals surface area contributed by atoms with Gasteiger partial charge in [0.15, 0.2) is 0 Å². The number of carbonyl (C=O) groups is 1. The normalized spacial score (nSPS) is 10.8. The monoisotopic (exact) mass is 426 g/mol. The van der Waals surface area contributed by atoms with Crippen molar-refractivity contribution in [3.63, 3.8) is 0 Å². The van der Waals surface area contributed by atoms with Crippen molar-refractivity contribution in [2.75, 3.05) is 6.61 Å². The van der Waals surface area contributed by atoms with Gasteiger partial charge in [0.05, 0.1) is 29.4 Å². The summed E-state index contributed by atoms with van der Waals surface area (Å²) in [6, 6.07) is 13.2. The van der Waals surface area contributed by atoms with Crippen LogP contribution in [0.15, 0.2) is 58.9 Å². The van der Waals surface area contributed by atoms with E-state index in [-0.39, 0.29) is 12.3 Å². The molecule has 0 atom stereocenters. The molecule has 2 aromatic carbocycles. The summed E-state index contributed by atoms with van der Waals surface area (Å²) in [6.45, 7) is 2.26. The molecule has 9 nitrogen and oxygen atoms in total. The van der Waals surface area contributed by atoms with Gasteiger partial charge in [0.1, 0.15) is 6.34 Å². The van der Waals surface area contributed by atoms with Crippen LogP contribution in [-0.2, 0) is 16.2 Å². The zero-order chi connectivity index (χ0) is 21.3. The molecule has 0 bridgehead atoms. The van der Waals surface area contributed by atoms with Gasteiger partial charge >= 0.3 is 5.97 Å². The second-order valence-corrected chi connectivity index (χ2v) is 6.71. The van der Waals surface area contributed by atoms with Crippen LogP contribution in [0.5, 0.6) is 0 Å². The number of thiazole rings is 1. The summed E-state index contributed by atoms with van der Waals surface area (Å²) in [5, 5.41) is 12.9. The first-order valence-electron chi connectivity index (χ1n) is 8.93. The van der Waals surface area contributed by atoms with Crippen LogP contribution >= 0.6 is 11.3 Å². The van der Waals surface area contributed by atoms with E-state index in [2.05, 4.69) is 15.5 Å². The number of ether oxygens (including phenoxy) is 1. The van der Waals surface area contributed by atoms with Crippen molar-refractivity contribution in [3.8, 4) is 11.3 Å². The topological polar surface area (TPSA) is 116 Å². The molecular formula is C20H18N4O5S. The number of nitrogens with zero attached hydrogens (tertiary/aromatic N) is 3. The summed E-state index contributed by atoms with van der Waals surface area (Å²) in [5.41, 5.74) is 5.13. The van der Waals surface area contributed by atoms with E-state index in [1.807, 2.05) is 11.4 Å². The zero-order valence-corrected chi connectivity index (χ0v) is 16.8. The number of rotatable bonds is 9. The molecule has 0 saturated heterocycles. The van der Waals surface area contributed by atoms with Gasteiger partial charge in [0.2, 0.25) is 5.13 Å². The fraction of sp³-hybridized carbons (Fsp3) is 0.150. The van der Waals surface area contributed by atoms with Crippen molar-refractivity contribution in [3.05, 3.63) is 75.2 Å². The molecule has 1 heterocycles. The number of benzene rings is 2. The number of non-ortho nitro benzene ring substituents is 1. The minimum Gasteiger partial charge on any atom is -0.462 e. The van der Waals surface area contributed by atoms with Crippen molar-refractivity contribution in [2.45, 2.75) is 13.5 Å². The maximum Gasteiger partial charge on any atom is 0.338 e. The first-order chi connectivity index (χ1) is 14.6. The Morgan fingerprint density at radius 2 is 2.03 bits per heavy atom. The number of hydroxylamine groups is 1. The number of aromatic nitrogens is 1. The number of hydrogen-bond acceptors (Lipinski definition) is 8. The molecule has 0 aliphatic heterocycles. The molecule has 30 heavy (non-hydrogen) atoms. The van der Waals surface area contributed by atoms with Gasteiger partial charge < -0.3 is 4.74 Å². The second kappa shape index (κ2) is 10.2. The minimum absolute atomic E-state index is 0.0253. The second-order valence-electron chi connectivity index (χ2n) is 5.87. The van der Waals surface area contributed by atoms with Crippen molar-refractivity contribution < 1.29 is 19.3 Å². The maximum absolute atomic E-state index is 12.1. The zero-order valence-electron chi connectivity index (χ0n) is 16.0. The van der Waals surface area contributed by atoms with Crippen LogP contribution in [0.3, 0.4) is 0 Å². The first-order valence-corrected chi connectivity index (χ1v) is 9.81. The smallest absolute Gasteiger partial charge is 0.338 e. The Hall–Kier alpha value is -3.63. The highest BCUT2D eigenvalue weighted by atomic mass is 32.1. The number of aliphatic imine (C=N–C) groups is 1. The van der Waals surface area contributed by atoms with E-state index >= 15 is 0 Å². The SMILES string of the molecule is CCOC(=O)c1ccccc1-c1csc(N=CNOCc2ccc([N+](=O)[O-])cc2)n1. The fourth-order valence-corrected chi connectivity index (χ4v) is 3.16. The summed E-state index contributed by atoms with van der Waals surface area (Å²) in [4.78, 5) is 36.2. The number of esters is 1. The molecule has 0 radical (unpaired) electrons. The van der Waals surface area contributed by atoms with E-state index in [1.165, 1.54) is 29.8 Å². The van der Waals surface area contributed by atoms with Crippen LogP contribution < -0.4 is 5.48 Å². The molecule has 0 saturated carbocycles. The third kappa shape index (κ3) is 5.46. The third-order valence-corrected chi connectivity index (χ3v) is 4.64. The molecular weight excluding hydrogens is 408 g/mol. The quantitative estimate of drug-likeness (QED) is 0.136. The fourth-order valence-electron chi connectivity index (χ4n) is 2.50. The Bertz CT molecular complexity index is 1050. The summed E-state index contributed by atoms with van der Waals surface area (Å²) >= 11 is 1.32. The van der Waals surface area contributed by atoms with Gasteiger partial charge in [-0.3, -0.25) is 20.4 Å². The number of carbonyl (C=O) groups excluding carboxylic acids is 1. The Morgan fingerprint density at radius 1 is 1.27 bits per heavy atom. The Labute approximate surface area is 176 Å². The number of nitro groups is 1. The number of nitrogens with one attached hydrogen (secondary N) is 1. The van der Waals surface area contributed by atoms with Crippen LogP contribution in [0.2, 0.25) is 0 Å². The molecule has 0 spiro atoms. The van der Waals surface area contributed by atoms with Crippen molar-refractivity contribution >= 4 is 34.5 Å². The lowest BCUT2D eigenvalue weighted by atomic mass is 10.1. The molecule has 3 rings (SSSR count). The maximum atomic E-state index is 12.1. The lowest BCUT2D eigenvalue weighted by molar-refractivity contribution is -0.384. The van der Waals surface area contributed by atoms with Crippen molar-refractivity contribution in [1.29, 1.82) is 0 Å². The van der Waals surface area contributed by atoms with Crippen LogP contribution in [0, 0.1) is 10.1 Å². The predicted octanol–water partition coefficient (Wildman–Crippen LogP) is 4.28. The Balaban J connectivity index is 1.56. The average molecular weight is 426 g/mol. The van der Waals surface area contributed by atoms with Gasteiger partial charge in [-0.25, -0.2) is 14.8 Å². The summed E-state index contributed by atoms with van der Waals surface area (Å²) in [5.74, 6) is -0.396. The largest absolute Gasteiger partial charge is 0.462 e. The average Bonchev–Trinajstić information content (AvgIpc) is 3.23. The van der Waals surface area contributed by atoms with Crippen LogP contribution in [0.4, 0.5) is 10.8 Å². The Kier molecular flexibility index (Phi) is 7.19. The van der Waals surface area contributed by atoms with E-state index in [0.717, 1.165) is 5.56 Å². The van der Waals surface area contributed by atoms with Crippen molar-refractivity contribution in [2.24, 2.45) is 4.99 Å². The summed E-state index contributed by atoms with van der Waals surface area (Å²) < 4.78 is 5.09. The molecule has 0 amide bonds. The predicted molar refractivity (Wildman–Crippen MR) is 113 cm³/mol. The first kappa shape index (κ1) is 21.1. The molecule has 0 unspecified atom stereocenters. The summed E-state index contributed by atoms with van der Waals surface area (Å²) in [7, 11) is 0. The summed E-state index contributed by atoms with van der Waals surface area (Å²) in [6.07, 6.45) is 1.35.